The number of benzene rings is 2. The van der Waals surface area contributed by atoms with Crippen molar-refractivity contribution in [1.29, 1.82) is 0 Å². The third-order valence-corrected chi connectivity index (χ3v) is 6.58. The lowest BCUT2D eigenvalue weighted by molar-refractivity contribution is -0.126. The predicted octanol–water partition coefficient (Wildman–Crippen LogP) is 5.11. The Morgan fingerprint density at radius 2 is 2.03 bits per heavy atom. The number of hydrogen-bond acceptors (Lipinski definition) is 5. The van der Waals surface area contributed by atoms with Crippen LogP contribution in [0.4, 0.5) is 0 Å². The van der Waals surface area contributed by atoms with Crippen molar-refractivity contribution in [2.24, 2.45) is 5.92 Å². The molecule has 1 aliphatic rings. The van der Waals surface area contributed by atoms with Crippen molar-refractivity contribution in [3.63, 3.8) is 0 Å². The molecule has 8 heteroatoms. The summed E-state index contributed by atoms with van der Waals surface area (Å²) in [6.07, 6.45) is 3.60. The molecule has 1 amide bonds. The summed E-state index contributed by atoms with van der Waals surface area (Å²) < 4.78 is 6.46. The molecule has 2 heterocycles. The number of aryl methyl sites for hydroxylation is 1. The number of nitrogens with zero attached hydrogens (tertiary/aromatic N) is 3. The van der Waals surface area contributed by atoms with Gasteiger partial charge in [0.1, 0.15) is 0 Å². The molecule has 0 radical (unpaired) electrons. The Hall–Kier alpha value is -2.22. The molecule has 168 valence electrons. The first-order chi connectivity index (χ1) is 15.6. The van der Waals surface area contributed by atoms with Crippen molar-refractivity contribution < 1.29 is 9.32 Å². The molecule has 1 fully saturated rings. The molecule has 3 aromatic rings. The second-order valence-corrected chi connectivity index (χ2v) is 9.40. The van der Waals surface area contributed by atoms with Crippen molar-refractivity contribution in [2.75, 3.05) is 19.6 Å². The summed E-state index contributed by atoms with van der Waals surface area (Å²) in [4.78, 5) is 19.4. The van der Waals surface area contributed by atoms with E-state index in [0.717, 1.165) is 52.9 Å². The first kappa shape index (κ1) is 23.0. The molecule has 32 heavy (non-hydrogen) atoms. The highest BCUT2D eigenvalue weighted by Crippen LogP contribution is 2.22. The summed E-state index contributed by atoms with van der Waals surface area (Å²) in [6, 6.07) is 15.7. The average molecular weight is 518 g/mol. The molecule has 2 aromatic carbocycles. The van der Waals surface area contributed by atoms with E-state index in [4.69, 9.17) is 16.1 Å². The van der Waals surface area contributed by atoms with E-state index in [1.807, 2.05) is 48.5 Å². The van der Waals surface area contributed by atoms with Crippen LogP contribution >= 0.6 is 27.5 Å². The van der Waals surface area contributed by atoms with Crippen LogP contribution in [0.2, 0.25) is 5.02 Å². The fourth-order valence-electron chi connectivity index (χ4n) is 3.98. The number of halogens is 2. The molecule has 1 aromatic heterocycles. The third kappa shape index (κ3) is 6.18. The smallest absolute Gasteiger partial charge is 0.241 e. The highest BCUT2D eigenvalue weighted by molar-refractivity contribution is 9.10. The number of hydrogen-bond donors (Lipinski definition) is 1. The fraction of sp³-hybridized carbons (Fsp3) is 0.375. The van der Waals surface area contributed by atoms with Crippen molar-refractivity contribution in [3.05, 3.63) is 69.5 Å². The summed E-state index contributed by atoms with van der Waals surface area (Å²) in [5, 5.41) is 7.98. The van der Waals surface area contributed by atoms with Crippen molar-refractivity contribution in [1.82, 2.24) is 20.4 Å². The lowest BCUT2D eigenvalue weighted by Gasteiger charge is -2.30. The predicted molar refractivity (Wildman–Crippen MR) is 128 cm³/mol. The number of carbonyl (C=O) groups is 1. The molecule has 0 spiro atoms. The van der Waals surface area contributed by atoms with Crippen LogP contribution < -0.4 is 5.32 Å². The Morgan fingerprint density at radius 1 is 1.22 bits per heavy atom. The molecule has 6 nitrogen and oxygen atoms in total. The van der Waals surface area contributed by atoms with E-state index in [1.165, 1.54) is 0 Å². The zero-order valence-corrected chi connectivity index (χ0v) is 20.1. The van der Waals surface area contributed by atoms with E-state index in [0.29, 0.717) is 31.3 Å². The third-order valence-electron chi connectivity index (χ3n) is 5.69. The van der Waals surface area contributed by atoms with Crippen molar-refractivity contribution in [3.8, 4) is 11.4 Å². The minimum Gasteiger partial charge on any atom is -0.356 e. The number of nitrogens with one attached hydrogen (secondary N) is 1. The highest BCUT2D eigenvalue weighted by atomic mass is 79.9. The highest BCUT2D eigenvalue weighted by Gasteiger charge is 2.26. The molecule has 0 bridgehead atoms. The average Bonchev–Trinajstić information content (AvgIpc) is 3.26. The summed E-state index contributed by atoms with van der Waals surface area (Å²) in [6.45, 7) is 2.83. The summed E-state index contributed by atoms with van der Waals surface area (Å²) in [7, 11) is 0. The summed E-state index contributed by atoms with van der Waals surface area (Å²) >= 11 is 9.63. The van der Waals surface area contributed by atoms with Crippen LogP contribution in [0.15, 0.2) is 57.5 Å². The zero-order valence-electron chi connectivity index (χ0n) is 17.8. The molecule has 0 aliphatic carbocycles. The Bertz CT molecular complexity index is 1040. The van der Waals surface area contributed by atoms with E-state index in [9.17, 15) is 4.79 Å². The van der Waals surface area contributed by atoms with Gasteiger partial charge in [-0.15, -0.1) is 0 Å². The van der Waals surface area contributed by atoms with Crippen LogP contribution in [0.5, 0.6) is 0 Å². The number of amides is 1. The van der Waals surface area contributed by atoms with E-state index >= 15 is 0 Å². The first-order valence-electron chi connectivity index (χ1n) is 10.9. The van der Waals surface area contributed by atoms with Crippen LogP contribution in [-0.2, 0) is 17.8 Å². The van der Waals surface area contributed by atoms with Gasteiger partial charge in [0.05, 0.1) is 12.5 Å². The van der Waals surface area contributed by atoms with E-state index < -0.39 is 0 Å². The summed E-state index contributed by atoms with van der Waals surface area (Å²) in [5.41, 5.74) is 2.03. The van der Waals surface area contributed by atoms with Crippen LogP contribution in [0, 0.1) is 5.92 Å². The molecular formula is C24H26BrClN4O2. The molecule has 1 unspecified atom stereocenters. The van der Waals surface area contributed by atoms with Crippen LogP contribution in [0.1, 0.15) is 30.7 Å². The monoisotopic (exact) mass is 516 g/mol. The maximum atomic E-state index is 12.7. The van der Waals surface area contributed by atoms with Gasteiger partial charge in [-0.3, -0.25) is 9.69 Å². The van der Waals surface area contributed by atoms with Gasteiger partial charge in [-0.2, -0.15) is 4.98 Å². The number of aromatic nitrogens is 2. The maximum absolute atomic E-state index is 12.7. The van der Waals surface area contributed by atoms with Gasteiger partial charge >= 0.3 is 0 Å². The lowest BCUT2D eigenvalue weighted by Crippen LogP contribution is -2.43. The quantitative estimate of drug-likeness (QED) is 0.420. The molecule has 0 saturated carbocycles. The molecule has 1 saturated heterocycles. The van der Waals surface area contributed by atoms with Crippen molar-refractivity contribution in [2.45, 2.75) is 32.2 Å². The second kappa shape index (κ2) is 11.1. The normalized spacial score (nSPS) is 16.8. The van der Waals surface area contributed by atoms with Gasteiger partial charge in [-0.05, 0) is 68.1 Å². The van der Waals surface area contributed by atoms with Gasteiger partial charge in [0.25, 0.3) is 0 Å². The van der Waals surface area contributed by atoms with E-state index in [-0.39, 0.29) is 11.8 Å². The fourth-order valence-corrected chi connectivity index (χ4v) is 4.47. The standard InChI is InChI=1S/C24H26BrClN4O2/c25-20-11-9-18(10-12-20)23-28-22(32-29-23)16-30-14-4-7-19(15-30)24(31)27-13-3-6-17-5-1-2-8-21(17)26/h1-2,5,8-12,19H,3-4,6-7,13-16H2,(H,27,31). The van der Waals surface area contributed by atoms with Gasteiger partial charge in [-0.25, -0.2) is 0 Å². The Labute approximate surface area is 201 Å². The van der Waals surface area contributed by atoms with Crippen molar-refractivity contribution >= 4 is 33.4 Å². The summed E-state index contributed by atoms with van der Waals surface area (Å²) in [5.74, 6) is 1.26. The van der Waals surface area contributed by atoms with Gasteiger partial charge in [-0.1, -0.05) is 50.9 Å². The van der Waals surface area contributed by atoms with Crippen LogP contribution in [-0.4, -0.2) is 40.6 Å². The molecule has 1 atom stereocenters. The van der Waals surface area contributed by atoms with Gasteiger partial charge in [0.15, 0.2) is 0 Å². The largest absolute Gasteiger partial charge is 0.356 e. The lowest BCUT2D eigenvalue weighted by atomic mass is 9.97. The number of piperidine rings is 1. The number of likely N-dealkylation sites (tertiary alicyclic amines) is 1. The van der Waals surface area contributed by atoms with E-state index in [2.05, 4.69) is 36.3 Å². The number of rotatable bonds is 8. The van der Waals surface area contributed by atoms with Crippen LogP contribution in [0.25, 0.3) is 11.4 Å². The Kier molecular flexibility index (Phi) is 7.95. The van der Waals surface area contributed by atoms with Gasteiger partial charge in [0.2, 0.25) is 17.6 Å². The van der Waals surface area contributed by atoms with Gasteiger partial charge < -0.3 is 9.84 Å². The topological polar surface area (TPSA) is 71.3 Å². The Morgan fingerprint density at radius 3 is 2.84 bits per heavy atom. The minimum absolute atomic E-state index is 0.0158. The van der Waals surface area contributed by atoms with Gasteiger partial charge in [0, 0.05) is 28.1 Å². The number of carbonyl (C=O) groups excluding carboxylic acids is 1. The van der Waals surface area contributed by atoms with E-state index in [1.54, 1.807) is 0 Å². The first-order valence-corrected chi connectivity index (χ1v) is 12.1. The molecule has 1 N–H and O–H groups in total. The van der Waals surface area contributed by atoms with Crippen LogP contribution in [0.3, 0.4) is 0 Å². The minimum atomic E-state index is -0.0158. The molecule has 1 aliphatic heterocycles. The maximum Gasteiger partial charge on any atom is 0.241 e. The Balaban J connectivity index is 1.24. The second-order valence-electron chi connectivity index (χ2n) is 8.08. The molecule has 4 rings (SSSR count). The molecular weight excluding hydrogens is 492 g/mol. The zero-order chi connectivity index (χ0) is 22.3. The SMILES string of the molecule is O=C(NCCCc1ccccc1Cl)C1CCCN(Cc2nc(-c3ccc(Br)cc3)no2)C1.